The van der Waals surface area contributed by atoms with Gasteiger partial charge in [-0.25, -0.2) is 0 Å². The molecule has 3 N–H and O–H groups in total. The van der Waals surface area contributed by atoms with Crippen LogP contribution in [0.25, 0.3) is 0 Å². The van der Waals surface area contributed by atoms with Crippen molar-refractivity contribution in [2.24, 2.45) is 0 Å². The Balaban J connectivity index is 1.89. The lowest BCUT2D eigenvalue weighted by Crippen LogP contribution is -2.45. The zero-order valence-electron chi connectivity index (χ0n) is 13.8. The number of hydrogen-bond acceptors (Lipinski definition) is 3. The van der Waals surface area contributed by atoms with Crippen molar-refractivity contribution in [1.82, 2.24) is 10.6 Å². The fourth-order valence-electron chi connectivity index (χ4n) is 2.32. The van der Waals surface area contributed by atoms with Crippen molar-refractivity contribution in [1.29, 1.82) is 0 Å². The maximum absolute atomic E-state index is 12.0. The molecule has 0 aliphatic rings. The Morgan fingerprint density at radius 2 is 1.54 bits per heavy atom. The number of carbonyl (C=O) groups is 2. The molecule has 0 heterocycles. The lowest BCUT2D eigenvalue weighted by molar-refractivity contribution is -0.140. The molecule has 2 atom stereocenters. The van der Waals surface area contributed by atoms with Crippen LogP contribution < -0.4 is 10.6 Å². The van der Waals surface area contributed by atoms with E-state index < -0.39 is 17.4 Å². The Kier molecular flexibility index (Phi) is 5.71. The van der Waals surface area contributed by atoms with Gasteiger partial charge in [-0.05, 0) is 25.0 Å². The second-order valence-electron chi connectivity index (χ2n) is 5.93. The molecule has 0 saturated heterocycles. The van der Waals surface area contributed by atoms with E-state index in [9.17, 15) is 14.7 Å². The van der Waals surface area contributed by atoms with Crippen molar-refractivity contribution in [3.05, 3.63) is 71.8 Å². The molecule has 0 fully saturated rings. The molecule has 24 heavy (non-hydrogen) atoms. The van der Waals surface area contributed by atoms with Gasteiger partial charge < -0.3 is 15.7 Å². The van der Waals surface area contributed by atoms with E-state index >= 15 is 0 Å². The average molecular weight is 326 g/mol. The molecule has 2 aromatic carbocycles. The van der Waals surface area contributed by atoms with Crippen LogP contribution in [0.15, 0.2) is 60.7 Å². The fourth-order valence-corrected chi connectivity index (χ4v) is 2.32. The summed E-state index contributed by atoms with van der Waals surface area (Å²) in [6.07, 6.45) is 0. The highest BCUT2D eigenvalue weighted by Gasteiger charge is 2.25. The Morgan fingerprint density at radius 3 is 2.12 bits per heavy atom. The molecule has 0 bridgehead atoms. The summed E-state index contributed by atoms with van der Waals surface area (Å²) in [6, 6.07) is 18.1. The lowest BCUT2D eigenvalue weighted by atomic mass is 9.96. The van der Waals surface area contributed by atoms with E-state index in [0.29, 0.717) is 5.56 Å². The minimum atomic E-state index is -1.25. The first-order valence-electron chi connectivity index (χ1n) is 7.82. The molecule has 0 radical (unpaired) electrons. The summed E-state index contributed by atoms with van der Waals surface area (Å²) in [4.78, 5) is 23.9. The number of benzene rings is 2. The summed E-state index contributed by atoms with van der Waals surface area (Å²) in [6.45, 7) is 3.34. The van der Waals surface area contributed by atoms with E-state index in [1.807, 2.05) is 36.4 Å². The number of aliphatic hydroxyl groups is 1. The predicted octanol–water partition coefficient (Wildman–Crippen LogP) is 1.89. The van der Waals surface area contributed by atoms with E-state index in [4.69, 9.17) is 0 Å². The highest BCUT2D eigenvalue weighted by atomic mass is 16.3. The van der Waals surface area contributed by atoms with Crippen LogP contribution in [0.1, 0.15) is 31.0 Å². The molecule has 0 saturated carbocycles. The molecule has 2 amide bonds. The van der Waals surface area contributed by atoms with Crippen LogP contribution in [-0.2, 0) is 15.2 Å². The lowest BCUT2D eigenvalue weighted by Gasteiger charge is -2.24. The maximum Gasteiger partial charge on any atom is 0.309 e. The molecule has 5 heteroatoms. The van der Waals surface area contributed by atoms with Crippen LogP contribution in [0.2, 0.25) is 0 Å². The highest BCUT2D eigenvalue weighted by molar-refractivity contribution is 6.35. The standard InChI is InChI=1S/C19H22N2O3/c1-14(15-9-5-3-6-10-15)21-18(23)17(22)20-13-19(2,24)16-11-7-4-8-12-16/h3-12,14,24H,13H2,1-2H3,(H,20,22)(H,21,23). The predicted molar refractivity (Wildman–Crippen MR) is 92.0 cm³/mol. The van der Waals surface area contributed by atoms with Crippen molar-refractivity contribution in [2.75, 3.05) is 6.54 Å². The molecular formula is C19H22N2O3. The van der Waals surface area contributed by atoms with Gasteiger partial charge in [-0.15, -0.1) is 0 Å². The molecule has 2 rings (SSSR count). The third-order valence-electron chi connectivity index (χ3n) is 3.84. The minimum Gasteiger partial charge on any atom is -0.384 e. The van der Waals surface area contributed by atoms with Gasteiger partial charge >= 0.3 is 11.8 Å². The number of amides is 2. The van der Waals surface area contributed by atoms with E-state index in [2.05, 4.69) is 10.6 Å². The van der Waals surface area contributed by atoms with Gasteiger partial charge in [0.1, 0.15) is 5.60 Å². The van der Waals surface area contributed by atoms with Gasteiger partial charge in [0.15, 0.2) is 0 Å². The monoisotopic (exact) mass is 326 g/mol. The number of nitrogens with one attached hydrogen (secondary N) is 2. The maximum atomic E-state index is 12.0. The number of rotatable bonds is 5. The van der Waals surface area contributed by atoms with Gasteiger partial charge in [0.05, 0.1) is 12.6 Å². The van der Waals surface area contributed by atoms with Crippen molar-refractivity contribution >= 4 is 11.8 Å². The molecule has 5 nitrogen and oxygen atoms in total. The summed E-state index contributed by atoms with van der Waals surface area (Å²) >= 11 is 0. The summed E-state index contributed by atoms with van der Waals surface area (Å²) in [5, 5.41) is 15.5. The number of carbonyl (C=O) groups excluding carboxylic acids is 2. The van der Waals surface area contributed by atoms with Crippen molar-refractivity contribution in [3.8, 4) is 0 Å². The summed E-state index contributed by atoms with van der Waals surface area (Å²) in [7, 11) is 0. The molecule has 2 unspecified atom stereocenters. The molecular weight excluding hydrogens is 304 g/mol. The van der Waals surface area contributed by atoms with Crippen molar-refractivity contribution in [3.63, 3.8) is 0 Å². The average Bonchev–Trinajstić information content (AvgIpc) is 2.61. The van der Waals surface area contributed by atoms with Crippen LogP contribution in [0, 0.1) is 0 Å². The van der Waals surface area contributed by atoms with E-state index in [0.717, 1.165) is 5.56 Å². The second-order valence-corrected chi connectivity index (χ2v) is 5.93. The first kappa shape index (κ1) is 17.7. The first-order valence-corrected chi connectivity index (χ1v) is 7.82. The Hall–Kier alpha value is -2.66. The van der Waals surface area contributed by atoms with E-state index in [1.165, 1.54) is 0 Å². The van der Waals surface area contributed by atoms with Crippen LogP contribution in [-0.4, -0.2) is 23.5 Å². The molecule has 2 aromatic rings. The van der Waals surface area contributed by atoms with E-state index in [-0.39, 0.29) is 12.6 Å². The van der Waals surface area contributed by atoms with Gasteiger partial charge in [0, 0.05) is 0 Å². The van der Waals surface area contributed by atoms with Crippen LogP contribution in [0.3, 0.4) is 0 Å². The Bertz CT molecular complexity index is 684. The van der Waals surface area contributed by atoms with Crippen LogP contribution in [0.4, 0.5) is 0 Å². The van der Waals surface area contributed by atoms with Gasteiger partial charge in [-0.1, -0.05) is 60.7 Å². The molecule has 126 valence electrons. The molecule has 0 aliphatic carbocycles. The van der Waals surface area contributed by atoms with E-state index in [1.54, 1.807) is 38.1 Å². The van der Waals surface area contributed by atoms with Crippen LogP contribution >= 0.6 is 0 Å². The highest BCUT2D eigenvalue weighted by Crippen LogP contribution is 2.18. The molecule has 0 aromatic heterocycles. The third kappa shape index (κ3) is 4.67. The topological polar surface area (TPSA) is 78.4 Å². The van der Waals surface area contributed by atoms with Gasteiger partial charge in [0.25, 0.3) is 0 Å². The second kappa shape index (κ2) is 7.75. The van der Waals surface area contributed by atoms with Crippen molar-refractivity contribution in [2.45, 2.75) is 25.5 Å². The van der Waals surface area contributed by atoms with Gasteiger partial charge in [-0.3, -0.25) is 9.59 Å². The molecule has 0 aliphatic heterocycles. The normalized spacial score (nSPS) is 14.3. The molecule has 0 spiro atoms. The van der Waals surface area contributed by atoms with Gasteiger partial charge in [-0.2, -0.15) is 0 Å². The fraction of sp³-hybridized carbons (Fsp3) is 0.263. The Morgan fingerprint density at radius 1 is 1.00 bits per heavy atom. The third-order valence-corrected chi connectivity index (χ3v) is 3.84. The summed E-state index contributed by atoms with van der Waals surface area (Å²) in [5.41, 5.74) is 0.334. The van der Waals surface area contributed by atoms with Gasteiger partial charge in [0.2, 0.25) is 0 Å². The SMILES string of the molecule is CC(NC(=O)C(=O)NCC(C)(O)c1ccccc1)c1ccccc1. The quantitative estimate of drug-likeness (QED) is 0.734. The largest absolute Gasteiger partial charge is 0.384 e. The first-order chi connectivity index (χ1) is 11.4. The van der Waals surface area contributed by atoms with Crippen LogP contribution in [0.5, 0.6) is 0 Å². The smallest absolute Gasteiger partial charge is 0.309 e. The van der Waals surface area contributed by atoms with Crippen molar-refractivity contribution < 1.29 is 14.7 Å². The summed E-state index contributed by atoms with van der Waals surface area (Å²) in [5.74, 6) is -1.50. The zero-order chi connectivity index (χ0) is 17.6. The minimum absolute atomic E-state index is 0.0526. The Labute approximate surface area is 141 Å². The zero-order valence-corrected chi connectivity index (χ0v) is 13.8. The summed E-state index contributed by atoms with van der Waals surface area (Å²) < 4.78 is 0. The number of hydrogen-bond donors (Lipinski definition) is 3.